The van der Waals surface area contributed by atoms with Gasteiger partial charge in [0.2, 0.25) is 0 Å². The topological polar surface area (TPSA) is 53.6 Å². The molecule has 1 rings (SSSR count). The minimum absolute atomic E-state index is 0.0886. The number of nitrogens with one attached hydrogen (secondary N) is 2. The van der Waals surface area contributed by atoms with Gasteiger partial charge in [-0.25, -0.2) is 0 Å². The zero-order chi connectivity index (χ0) is 15.8. The predicted octanol–water partition coefficient (Wildman–Crippen LogP) is 2.07. The van der Waals surface area contributed by atoms with E-state index in [4.69, 9.17) is 4.74 Å². The summed E-state index contributed by atoms with van der Waals surface area (Å²) in [5.41, 5.74) is 2.37. The Bertz CT molecular complexity index is 498. The lowest BCUT2D eigenvalue weighted by atomic mass is 10.1. The van der Waals surface area contributed by atoms with Crippen molar-refractivity contribution < 1.29 is 9.53 Å². The normalized spacial score (nSPS) is 10.3. The number of carbonyl (C=O) groups excluding carboxylic acids is 1. The van der Waals surface area contributed by atoms with Gasteiger partial charge in [0.25, 0.3) is 5.91 Å². The smallest absolute Gasteiger partial charge is 0.251 e. The Balaban J connectivity index is 2.84. The van der Waals surface area contributed by atoms with Gasteiger partial charge in [-0.1, -0.05) is 12.6 Å². The summed E-state index contributed by atoms with van der Waals surface area (Å²) in [6.07, 6.45) is 0. The van der Waals surface area contributed by atoms with Crippen molar-refractivity contribution in [1.29, 1.82) is 0 Å². The highest BCUT2D eigenvalue weighted by Crippen LogP contribution is 2.17. The Morgan fingerprint density at radius 1 is 1.38 bits per heavy atom. The molecular weight excluding hydrogens is 266 g/mol. The Kier molecular flexibility index (Phi) is 6.75. The number of anilines is 1. The summed E-state index contributed by atoms with van der Waals surface area (Å²) >= 11 is 0. The van der Waals surface area contributed by atoms with Gasteiger partial charge in [0.05, 0.1) is 5.76 Å². The average Bonchev–Trinajstić information content (AvgIpc) is 2.44. The molecule has 0 atom stereocenters. The van der Waals surface area contributed by atoms with Crippen molar-refractivity contribution in [3.05, 3.63) is 41.7 Å². The molecule has 5 nitrogen and oxygen atoms in total. The monoisotopic (exact) mass is 291 g/mol. The van der Waals surface area contributed by atoms with Crippen molar-refractivity contribution in [2.75, 3.05) is 39.5 Å². The number of nitrogens with zero attached hydrogens (tertiary/aromatic N) is 1. The predicted molar refractivity (Wildman–Crippen MR) is 86.5 cm³/mol. The van der Waals surface area contributed by atoms with Crippen molar-refractivity contribution in [2.24, 2.45) is 0 Å². The first-order valence-corrected chi connectivity index (χ1v) is 6.96. The minimum Gasteiger partial charge on any atom is -0.494 e. The van der Waals surface area contributed by atoms with Crippen molar-refractivity contribution in [3.63, 3.8) is 0 Å². The molecule has 0 saturated carbocycles. The number of benzene rings is 1. The fourth-order valence-electron chi connectivity index (χ4n) is 1.76. The Morgan fingerprint density at radius 2 is 2.10 bits per heavy atom. The van der Waals surface area contributed by atoms with Crippen LogP contribution in [0.15, 0.2) is 30.5 Å². The molecule has 0 unspecified atom stereocenters. The maximum absolute atomic E-state index is 12.3. The molecule has 0 aromatic heterocycles. The number of ether oxygens (including phenoxy) is 1. The van der Waals surface area contributed by atoms with Crippen LogP contribution in [0.25, 0.3) is 0 Å². The molecule has 0 fully saturated rings. The second-order valence-electron chi connectivity index (χ2n) is 5.17. The summed E-state index contributed by atoms with van der Waals surface area (Å²) < 4.78 is 5.43. The summed E-state index contributed by atoms with van der Waals surface area (Å²) in [6, 6.07) is 5.66. The Hall–Kier alpha value is -2.01. The summed E-state index contributed by atoms with van der Waals surface area (Å²) in [4.78, 5) is 14.3. The molecule has 0 aliphatic carbocycles. The molecule has 0 aliphatic heterocycles. The van der Waals surface area contributed by atoms with Gasteiger partial charge in [-0.05, 0) is 33.2 Å². The van der Waals surface area contributed by atoms with Gasteiger partial charge < -0.3 is 20.3 Å². The Morgan fingerprint density at radius 3 is 2.67 bits per heavy atom. The highest BCUT2D eigenvalue weighted by molar-refractivity contribution is 5.96. The van der Waals surface area contributed by atoms with Crippen LogP contribution < -0.4 is 10.6 Å². The lowest BCUT2D eigenvalue weighted by Crippen LogP contribution is -2.32. The third kappa shape index (κ3) is 5.87. The van der Waals surface area contributed by atoms with Crippen LogP contribution in [-0.4, -0.2) is 45.0 Å². The first-order valence-electron chi connectivity index (χ1n) is 6.96. The number of hydrogen-bond acceptors (Lipinski definition) is 4. The van der Waals surface area contributed by atoms with Crippen LogP contribution >= 0.6 is 0 Å². The molecular formula is C16H25N3O2. The van der Waals surface area contributed by atoms with E-state index in [0.717, 1.165) is 17.8 Å². The Labute approximate surface area is 127 Å². The van der Waals surface area contributed by atoms with Crippen LogP contribution in [-0.2, 0) is 11.3 Å². The van der Waals surface area contributed by atoms with Crippen LogP contribution in [0.1, 0.15) is 22.8 Å². The van der Waals surface area contributed by atoms with Crippen LogP contribution in [0.4, 0.5) is 5.69 Å². The quantitative estimate of drug-likeness (QED) is 0.720. The first-order chi connectivity index (χ1) is 9.93. The lowest BCUT2D eigenvalue weighted by Gasteiger charge is -2.14. The van der Waals surface area contributed by atoms with E-state index in [1.807, 2.05) is 44.2 Å². The van der Waals surface area contributed by atoms with E-state index in [-0.39, 0.29) is 5.91 Å². The maximum Gasteiger partial charge on any atom is 0.251 e. The fraction of sp³-hybridized carbons (Fsp3) is 0.438. The van der Waals surface area contributed by atoms with Gasteiger partial charge in [0.15, 0.2) is 0 Å². The lowest BCUT2D eigenvalue weighted by molar-refractivity contribution is 0.0946. The van der Waals surface area contributed by atoms with E-state index < -0.39 is 0 Å². The van der Waals surface area contributed by atoms with Crippen molar-refractivity contribution >= 4 is 11.6 Å². The summed E-state index contributed by atoms with van der Waals surface area (Å²) in [6.45, 7) is 7.25. The molecule has 0 saturated heterocycles. The number of carbonyl (C=O) groups is 1. The summed E-state index contributed by atoms with van der Waals surface area (Å²) in [7, 11) is 5.77. The zero-order valence-corrected chi connectivity index (χ0v) is 13.3. The SMILES string of the molecule is C=C(C)OCc1ccc(NC)cc1C(=O)NCCN(C)C. The number of likely N-dealkylation sites (N-methyl/N-ethyl adjacent to an activating group) is 1. The standard InChI is InChI=1S/C16H25N3O2/c1-12(2)21-11-13-6-7-14(17-3)10-15(13)16(20)18-8-9-19(4)5/h6-7,10,17H,1,8-9,11H2,2-5H3,(H,18,20). The number of hydrogen-bond donors (Lipinski definition) is 2. The van der Waals surface area contributed by atoms with Gasteiger partial charge in [-0.15, -0.1) is 0 Å². The molecule has 0 radical (unpaired) electrons. The van der Waals surface area contributed by atoms with Crippen LogP contribution in [0.5, 0.6) is 0 Å². The minimum atomic E-state index is -0.0886. The first kappa shape index (κ1) is 17.0. The second kappa shape index (κ2) is 8.32. The number of allylic oxidation sites excluding steroid dienone is 1. The van der Waals surface area contributed by atoms with Crippen LogP contribution in [0.3, 0.4) is 0 Å². The molecule has 5 heteroatoms. The molecule has 21 heavy (non-hydrogen) atoms. The molecule has 1 aromatic carbocycles. The maximum atomic E-state index is 12.3. The molecule has 0 bridgehead atoms. The second-order valence-corrected chi connectivity index (χ2v) is 5.17. The van der Waals surface area contributed by atoms with E-state index in [9.17, 15) is 4.79 Å². The van der Waals surface area contributed by atoms with Gasteiger partial charge in [-0.3, -0.25) is 4.79 Å². The molecule has 1 amide bonds. The van der Waals surface area contributed by atoms with E-state index in [0.29, 0.717) is 24.5 Å². The van der Waals surface area contributed by atoms with E-state index in [1.165, 1.54) is 0 Å². The highest BCUT2D eigenvalue weighted by atomic mass is 16.5. The van der Waals surface area contributed by atoms with Crippen LogP contribution in [0.2, 0.25) is 0 Å². The van der Waals surface area contributed by atoms with Crippen molar-refractivity contribution in [1.82, 2.24) is 10.2 Å². The third-order valence-electron chi connectivity index (χ3n) is 2.96. The zero-order valence-electron chi connectivity index (χ0n) is 13.3. The fourth-order valence-corrected chi connectivity index (χ4v) is 1.76. The van der Waals surface area contributed by atoms with E-state index in [1.54, 1.807) is 6.92 Å². The third-order valence-corrected chi connectivity index (χ3v) is 2.96. The van der Waals surface area contributed by atoms with Crippen LogP contribution in [0, 0.1) is 0 Å². The van der Waals surface area contributed by atoms with Gasteiger partial charge >= 0.3 is 0 Å². The van der Waals surface area contributed by atoms with E-state index >= 15 is 0 Å². The molecule has 1 aromatic rings. The molecule has 2 N–H and O–H groups in total. The molecule has 116 valence electrons. The highest BCUT2D eigenvalue weighted by Gasteiger charge is 2.12. The van der Waals surface area contributed by atoms with Crippen molar-refractivity contribution in [2.45, 2.75) is 13.5 Å². The summed E-state index contributed by atoms with van der Waals surface area (Å²) in [5, 5.41) is 5.97. The average molecular weight is 291 g/mol. The van der Waals surface area contributed by atoms with Gasteiger partial charge in [0.1, 0.15) is 6.61 Å². The number of amides is 1. The molecule has 0 heterocycles. The molecule has 0 spiro atoms. The van der Waals surface area contributed by atoms with Gasteiger partial charge in [0, 0.05) is 37.0 Å². The van der Waals surface area contributed by atoms with E-state index in [2.05, 4.69) is 17.2 Å². The molecule has 0 aliphatic rings. The largest absolute Gasteiger partial charge is 0.494 e. The summed E-state index contributed by atoms with van der Waals surface area (Å²) in [5.74, 6) is 0.543. The number of rotatable bonds is 8. The van der Waals surface area contributed by atoms with Gasteiger partial charge in [-0.2, -0.15) is 0 Å². The van der Waals surface area contributed by atoms with Crippen molar-refractivity contribution in [3.8, 4) is 0 Å².